The lowest BCUT2D eigenvalue weighted by molar-refractivity contribution is -0.148. The number of thioether (sulfide) groups is 1. The summed E-state index contributed by atoms with van der Waals surface area (Å²) >= 11 is 1.71. The fourth-order valence-electron chi connectivity index (χ4n) is 3.05. The van der Waals surface area contributed by atoms with Gasteiger partial charge in [-0.05, 0) is 42.4 Å². The number of aryl methyl sites for hydroxylation is 1. The zero-order valence-electron chi connectivity index (χ0n) is 15.3. The van der Waals surface area contributed by atoms with E-state index in [1.807, 2.05) is 6.07 Å². The first-order valence-electron chi connectivity index (χ1n) is 8.37. The molecule has 2 rings (SSSR count). The highest BCUT2D eigenvalue weighted by Crippen LogP contribution is 2.40. The van der Waals surface area contributed by atoms with Crippen molar-refractivity contribution in [3.63, 3.8) is 0 Å². The van der Waals surface area contributed by atoms with Crippen molar-refractivity contribution in [1.29, 1.82) is 0 Å². The standard InChI is InChI=1S/C18H25NO6S/c1-23-13-6-4-12(15(24-2)16(13)25-3)5-7-14(20)19-18(17(21)22)8-10-26-11-9-18/h4,6H,5,7-11H2,1-3H3,(H,19,20)(H,21,22). The Kier molecular flexibility index (Phi) is 7.02. The Hall–Kier alpha value is -2.09. The molecule has 2 N–H and O–H groups in total. The molecule has 1 saturated heterocycles. The Morgan fingerprint density at radius 2 is 1.77 bits per heavy atom. The number of rotatable bonds is 8. The molecule has 0 radical (unpaired) electrons. The number of carboxylic acids is 1. The van der Waals surface area contributed by atoms with Crippen LogP contribution in [0, 0.1) is 0 Å². The highest BCUT2D eigenvalue weighted by molar-refractivity contribution is 7.99. The minimum atomic E-state index is -1.15. The fourth-order valence-corrected chi connectivity index (χ4v) is 4.24. The van der Waals surface area contributed by atoms with Crippen LogP contribution in [0.4, 0.5) is 0 Å². The fraction of sp³-hybridized carbons (Fsp3) is 0.556. The van der Waals surface area contributed by atoms with Crippen molar-refractivity contribution >= 4 is 23.6 Å². The van der Waals surface area contributed by atoms with E-state index < -0.39 is 11.5 Å². The predicted octanol–water partition coefficient (Wildman–Crippen LogP) is 2.11. The van der Waals surface area contributed by atoms with Crippen molar-refractivity contribution in [2.75, 3.05) is 32.8 Å². The number of carbonyl (C=O) groups excluding carboxylic acids is 1. The number of amides is 1. The van der Waals surface area contributed by atoms with Crippen LogP contribution in [0.3, 0.4) is 0 Å². The second kappa shape index (κ2) is 9.02. The van der Waals surface area contributed by atoms with Gasteiger partial charge in [-0.3, -0.25) is 4.79 Å². The van der Waals surface area contributed by atoms with E-state index in [-0.39, 0.29) is 12.3 Å². The van der Waals surface area contributed by atoms with Crippen LogP contribution in [-0.2, 0) is 16.0 Å². The Morgan fingerprint density at radius 1 is 1.12 bits per heavy atom. The van der Waals surface area contributed by atoms with Gasteiger partial charge in [-0.15, -0.1) is 0 Å². The van der Waals surface area contributed by atoms with Crippen molar-refractivity contribution in [2.45, 2.75) is 31.2 Å². The summed E-state index contributed by atoms with van der Waals surface area (Å²) in [6.07, 6.45) is 1.45. The number of carbonyl (C=O) groups is 2. The maximum Gasteiger partial charge on any atom is 0.329 e. The highest BCUT2D eigenvalue weighted by atomic mass is 32.2. The SMILES string of the molecule is COc1ccc(CCC(=O)NC2(C(=O)O)CCSCC2)c(OC)c1OC. The molecule has 26 heavy (non-hydrogen) atoms. The third-order valence-corrected chi connectivity index (χ3v) is 5.53. The molecular weight excluding hydrogens is 358 g/mol. The summed E-state index contributed by atoms with van der Waals surface area (Å²) < 4.78 is 16.0. The second-order valence-electron chi connectivity index (χ2n) is 6.04. The molecule has 1 aliphatic rings. The average Bonchev–Trinajstić information content (AvgIpc) is 2.65. The van der Waals surface area contributed by atoms with Gasteiger partial charge in [-0.2, -0.15) is 11.8 Å². The van der Waals surface area contributed by atoms with Gasteiger partial charge in [-0.25, -0.2) is 4.79 Å². The smallest absolute Gasteiger partial charge is 0.329 e. The molecule has 0 spiro atoms. The first kappa shape index (κ1) is 20.2. The molecule has 0 atom stereocenters. The molecule has 1 amide bonds. The molecule has 1 fully saturated rings. The monoisotopic (exact) mass is 383 g/mol. The van der Waals surface area contributed by atoms with Gasteiger partial charge < -0.3 is 24.6 Å². The van der Waals surface area contributed by atoms with Gasteiger partial charge in [0.05, 0.1) is 21.3 Å². The molecule has 1 aliphatic heterocycles. The highest BCUT2D eigenvalue weighted by Gasteiger charge is 2.41. The second-order valence-corrected chi connectivity index (χ2v) is 7.27. The minimum absolute atomic E-state index is 0.161. The topological polar surface area (TPSA) is 94.1 Å². The van der Waals surface area contributed by atoms with Gasteiger partial charge >= 0.3 is 5.97 Å². The average molecular weight is 383 g/mol. The Bertz CT molecular complexity index is 657. The number of methoxy groups -OCH3 is 3. The number of hydrogen-bond donors (Lipinski definition) is 2. The molecule has 0 unspecified atom stereocenters. The van der Waals surface area contributed by atoms with Crippen molar-refractivity contribution in [1.82, 2.24) is 5.32 Å². The quantitative estimate of drug-likeness (QED) is 0.710. The van der Waals surface area contributed by atoms with Crippen molar-refractivity contribution < 1.29 is 28.9 Å². The lowest BCUT2D eigenvalue weighted by Crippen LogP contribution is -2.56. The number of carboxylic acid groups (broad SMARTS) is 1. The van der Waals surface area contributed by atoms with Crippen molar-refractivity contribution in [3.05, 3.63) is 17.7 Å². The molecule has 8 heteroatoms. The molecular formula is C18H25NO6S. The van der Waals surface area contributed by atoms with E-state index in [9.17, 15) is 14.7 Å². The van der Waals surface area contributed by atoms with Crippen LogP contribution in [0.5, 0.6) is 17.2 Å². The Labute approximate surface area is 157 Å². The van der Waals surface area contributed by atoms with Gasteiger partial charge in [0.2, 0.25) is 11.7 Å². The third kappa shape index (κ3) is 4.35. The van der Waals surface area contributed by atoms with Crippen LogP contribution in [0.15, 0.2) is 12.1 Å². The Morgan fingerprint density at radius 3 is 2.31 bits per heavy atom. The summed E-state index contributed by atoms with van der Waals surface area (Å²) in [6.45, 7) is 0. The number of aliphatic carboxylic acids is 1. The number of nitrogens with one attached hydrogen (secondary N) is 1. The summed E-state index contributed by atoms with van der Waals surface area (Å²) in [7, 11) is 4.59. The van der Waals surface area contributed by atoms with E-state index in [1.54, 1.807) is 17.8 Å². The molecule has 7 nitrogen and oxygen atoms in total. The van der Waals surface area contributed by atoms with E-state index in [1.165, 1.54) is 21.3 Å². The largest absolute Gasteiger partial charge is 0.493 e. The molecule has 1 aromatic rings. The number of hydrogen-bond acceptors (Lipinski definition) is 6. The number of benzene rings is 1. The predicted molar refractivity (Wildman–Crippen MR) is 99.5 cm³/mol. The summed E-state index contributed by atoms with van der Waals surface area (Å²) in [5.41, 5.74) is -0.354. The molecule has 0 aromatic heterocycles. The molecule has 0 bridgehead atoms. The molecule has 1 heterocycles. The van der Waals surface area contributed by atoms with Crippen LogP contribution < -0.4 is 19.5 Å². The van der Waals surface area contributed by atoms with Gasteiger partial charge in [0.25, 0.3) is 0 Å². The normalized spacial score (nSPS) is 15.8. The van der Waals surface area contributed by atoms with E-state index in [0.717, 1.165) is 17.1 Å². The summed E-state index contributed by atoms with van der Waals surface area (Å²) in [5, 5.41) is 12.3. The molecule has 1 aromatic carbocycles. The molecule has 144 valence electrons. The van der Waals surface area contributed by atoms with Crippen LogP contribution >= 0.6 is 11.8 Å². The van der Waals surface area contributed by atoms with Crippen molar-refractivity contribution in [2.24, 2.45) is 0 Å². The van der Waals surface area contributed by atoms with Gasteiger partial charge in [0.1, 0.15) is 5.54 Å². The first-order chi connectivity index (χ1) is 12.5. The van der Waals surface area contributed by atoms with Crippen LogP contribution in [0.25, 0.3) is 0 Å². The van der Waals surface area contributed by atoms with Gasteiger partial charge in [-0.1, -0.05) is 6.07 Å². The van der Waals surface area contributed by atoms with Crippen molar-refractivity contribution in [3.8, 4) is 17.2 Å². The molecule has 0 saturated carbocycles. The zero-order chi connectivity index (χ0) is 19.2. The lowest BCUT2D eigenvalue weighted by Gasteiger charge is -2.33. The summed E-state index contributed by atoms with van der Waals surface area (Å²) in [5.74, 6) is 1.75. The molecule has 0 aliphatic carbocycles. The van der Waals surface area contributed by atoms with Crippen LogP contribution in [0.2, 0.25) is 0 Å². The zero-order valence-corrected chi connectivity index (χ0v) is 16.1. The van der Waals surface area contributed by atoms with E-state index in [2.05, 4.69) is 5.32 Å². The van der Waals surface area contributed by atoms with Gasteiger partial charge in [0.15, 0.2) is 11.5 Å². The summed E-state index contributed by atoms with van der Waals surface area (Å²) in [6, 6.07) is 3.57. The van der Waals surface area contributed by atoms with E-state index >= 15 is 0 Å². The Balaban J connectivity index is 2.08. The third-order valence-electron chi connectivity index (χ3n) is 4.54. The lowest BCUT2D eigenvalue weighted by atomic mass is 9.92. The van der Waals surface area contributed by atoms with E-state index in [0.29, 0.717) is 36.5 Å². The number of ether oxygens (including phenoxy) is 3. The maximum atomic E-state index is 12.4. The summed E-state index contributed by atoms with van der Waals surface area (Å²) in [4.78, 5) is 24.1. The van der Waals surface area contributed by atoms with Crippen LogP contribution in [-0.4, -0.2) is 55.4 Å². The minimum Gasteiger partial charge on any atom is -0.493 e. The maximum absolute atomic E-state index is 12.4. The first-order valence-corrected chi connectivity index (χ1v) is 9.53. The van der Waals surface area contributed by atoms with E-state index in [4.69, 9.17) is 14.2 Å². The van der Waals surface area contributed by atoms with Gasteiger partial charge in [0, 0.05) is 6.42 Å². The van der Waals surface area contributed by atoms with Crippen LogP contribution in [0.1, 0.15) is 24.8 Å².